The lowest BCUT2D eigenvalue weighted by molar-refractivity contribution is 0.520. The van der Waals surface area contributed by atoms with Crippen molar-refractivity contribution in [2.75, 3.05) is 19.8 Å². The number of hydrogen-bond donors (Lipinski definition) is 0. The number of aryl methyl sites for hydroxylation is 2. The summed E-state index contributed by atoms with van der Waals surface area (Å²) in [5.41, 5.74) is 2.24. The van der Waals surface area contributed by atoms with Crippen LogP contribution in [0.1, 0.15) is 11.1 Å². The van der Waals surface area contributed by atoms with Crippen LogP contribution in [0, 0.1) is 6.92 Å². The average Bonchev–Trinajstić information content (AvgIpc) is 2.16. The largest absolute Gasteiger partial charge is 0.213 e. The van der Waals surface area contributed by atoms with Gasteiger partial charge in [0.2, 0.25) is 10.0 Å². The molecular weight excluding hydrogens is 210 g/mol. The quantitative estimate of drug-likeness (QED) is 0.780. The highest BCUT2D eigenvalue weighted by Gasteiger charge is 2.13. The van der Waals surface area contributed by atoms with E-state index in [0.29, 0.717) is 6.42 Å². The number of sulfonamides is 1. The fourth-order valence-electron chi connectivity index (χ4n) is 1.31. The fraction of sp³-hybridized carbons (Fsp3) is 0.455. The Morgan fingerprint density at radius 3 is 2.33 bits per heavy atom. The van der Waals surface area contributed by atoms with Crippen LogP contribution in [0.15, 0.2) is 24.3 Å². The van der Waals surface area contributed by atoms with Crippen LogP contribution < -0.4 is 0 Å². The molecule has 0 aliphatic heterocycles. The summed E-state index contributed by atoms with van der Waals surface area (Å²) in [6.45, 7) is 2.00. The van der Waals surface area contributed by atoms with E-state index in [1.165, 1.54) is 4.31 Å². The molecule has 0 amide bonds. The molecule has 0 N–H and O–H groups in total. The molecule has 0 saturated carbocycles. The highest BCUT2D eigenvalue weighted by molar-refractivity contribution is 7.89. The van der Waals surface area contributed by atoms with Gasteiger partial charge in [-0.3, -0.25) is 0 Å². The summed E-state index contributed by atoms with van der Waals surface area (Å²) < 4.78 is 24.4. The molecule has 0 spiro atoms. The molecular formula is C11H17NO2S. The molecule has 0 atom stereocenters. The van der Waals surface area contributed by atoms with E-state index in [-0.39, 0.29) is 5.75 Å². The second-order valence-corrected chi connectivity index (χ2v) is 6.08. The molecule has 0 aromatic heterocycles. The van der Waals surface area contributed by atoms with Gasteiger partial charge in [-0.1, -0.05) is 24.3 Å². The minimum Gasteiger partial charge on any atom is -0.212 e. The minimum absolute atomic E-state index is 0.171. The normalized spacial score (nSPS) is 12.0. The van der Waals surface area contributed by atoms with Crippen molar-refractivity contribution in [2.45, 2.75) is 13.3 Å². The summed E-state index contributed by atoms with van der Waals surface area (Å²) in [6.07, 6.45) is 0.577. The van der Waals surface area contributed by atoms with Crippen LogP contribution in [0.25, 0.3) is 0 Å². The maximum Gasteiger partial charge on any atom is 0.213 e. The third-order valence-electron chi connectivity index (χ3n) is 2.45. The van der Waals surface area contributed by atoms with E-state index >= 15 is 0 Å². The molecule has 0 fully saturated rings. The lowest BCUT2D eigenvalue weighted by atomic mass is 10.1. The molecule has 84 valence electrons. The van der Waals surface area contributed by atoms with Crippen LogP contribution in [0.5, 0.6) is 0 Å². The van der Waals surface area contributed by atoms with Crippen LogP contribution in [0.3, 0.4) is 0 Å². The SMILES string of the molecule is Cc1ccccc1CCS(=O)(=O)N(C)C. The maximum atomic E-state index is 11.5. The highest BCUT2D eigenvalue weighted by atomic mass is 32.2. The summed E-state index contributed by atoms with van der Waals surface area (Å²) in [6, 6.07) is 7.86. The van der Waals surface area contributed by atoms with E-state index in [1.807, 2.05) is 31.2 Å². The monoisotopic (exact) mass is 227 g/mol. The zero-order valence-corrected chi connectivity index (χ0v) is 10.2. The first-order valence-corrected chi connectivity index (χ1v) is 6.49. The number of benzene rings is 1. The lowest BCUT2D eigenvalue weighted by Crippen LogP contribution is -2.26. The fourth-order valence-corrected chi connectivity index (χ4v) is 2.16. The average molecular weight is 227 g/mol. The number of hydrogen-bond acceptors (Lipinski definition) is 2. The first-order valence-electron chi connectivity index (χ1n) is 4.88. The van der Waals surface area contributed by atoms with Gasteiger partial charge in [-0.25, -0.2) is 12.7 Å². The van der Waals surface area contributed by atoms with Gasteiger partial charge in [0.15, 0.2) is 0 Å². The van der Waals surface area contributed by atoms with Crippen molar-refractivity contribution in [2.24, 2.45) is 0 Å². The van der Waals surface area contributed by atoms with E-state index in [4.69, 9.17) is 0 Å². The van der Waals surface area contributed by atoms with Crippen molar-refractivity contribution in [1.82, 2.24) is 4.31 Å². The van der Waals surface area contributed by atoms with E-state index in [1.54, 1.807) is 14.1 Å². The summed E-state index contributed by atoms with van der Waals surface area (Å²) in [4.78, 5) is 0. The van der Waals surface area contributed by atoms with Gasteiger partial charge >= 0.3 is 0 Å². The summed E-state index contributed by atoms with van der Waals surface area (Å²) in [5, 5.41) is 0. The third-order valence-corrected chi connectivity index (χ3v) is 4.28. The van der Waals surface area contributed by atoms with Crippen LogP contribution in [-0.2, 0) is 16.4 Å². The first kappa shape index (κ1) is 12.2. The highest BCUT2D eigenvalue weighted by Crippen LogP contribution is 2.09. The molecule has 1 aromatic carbocycles. The molecule has 4 heteroatoms. The third kappa shape index (κ3) is 3.32. The molecule has 0 saturated heterocycles. The molecule has 0 bridgehead atoms. The van der Waals surface area contributed by atoms with Crippen LogP contribution in [0.2, 0.25) is 0 Å². The molecule has 15 heavy (non-hydrogen) atoms. The molecule has 0 aliphatic carbocycles. The van der Waals surface area contributed by atoms with Crippen LogP contribution in [0.4, 0.5) is 0 Å². The minimum atomic E-state index is -3.08. The Kier molecular flexibility index (Phi) is 3.88. The van der Waals surface area contributed by atoms with Gasteiger partial charge in [-0.15, -0.1) is 0 Å². The summed E-state index contributed by atoms with van der Waals surface area (Å²) in [5.74, 6) is 0.171. The predicted octanol–water partition coefficient (Wildman–Crippen LogP) is 1.43. The summed E-state index contributed by atoms with van der Waals surface area (Å²) in [7, 11) is 0.0455. The van der Waals surface area contributed by atoms with Gasteiger partial charge in [-0.2, -0.15) is 0 Å². The van der Waals surface area contributed by atoms with Gasteiger partial charge in [0.1, 0.15) is 0 Å². The Balaban J connectivity index is 2.70. The number of nitrogens with zero attached hydrogens (tertiary/aromatic N) is 1. The van der Waals surface area contributed by atoms with E-state index in [2.05, 4.69) is 0 Å². The van der Waals surface area contributed by atoms with Crippen LogP contribution >= 0.6 is 0 Å². The standard InChI is InChI=1S/C11H17NO2S/c1-10-6-4-5-7-11(10)8-9-15(13,14)12(2)3/h4-7H,8-9H2,1-3H3. The van der Waals surface area contributed by atoms with Crippen molar-refractivity contribution < 1.29 is 8.42 Å². The Morgan fingerprint density at radius 2 is 1.80 bits per heavy atom. The van der Waals surface area contributed by atoms with Crippen molar-refractivity contribution in [3.8, 4) is 0 Å². The molecule has 0 radical (unpaired) electrons. The Bertz CT molecular complexity index is 424. The Labute approximate surface area is 91.8 Å². The van der Waals surface area contributed by atoms with Crippen molar-refractivity contribution in [1.29, 1.82) is 0 Å². The number of rotatable bonds is 4. The molecule has 1 aromatic rings. The van der Waals surface area contributed by atoms with Gasteiger partial charge < -0.3 is 0 Å². The molecule has 1 rings (SSSR count). The maximum absolute atomic E-state index is 11.5. The van der Waals surface area contributed by atoms with Crippen molar-refractivity contribution >= 4 is 10.0 Å². The van der Waals surface area contributed by atoms with Gasteiger partial charge in [0.05, 0.1) is 5.75 Å². The Morgan fingerprint density at radius 1 is 1.20 bits per heavy atom. The van der Waals surface area contributed by atoms with Gasteiger partial charge in [0.25, 0.3) is 0 Å². The van der Waals surface area contributed by atoms with Crippen molar-refractivity contribution in [3.63, 3.8) is 0 Å². The zero-order valence-electron chi connectivity index (χ0n) is 9.40. The van der Waals surface area contributed by atoms with Gasteiger partial charge in [-0.05, 0) is 24.5 Å². The van der Waals surface area contributed by atoms with E-state index in [0.717, 1.165) is 11.1 Å². The van der Waals surface area contributed by atoms with Gasteiger partial charge in [0, 0.05) is 14.1 Å². The smallest absolute Gasteiger partial charge is 0.212 e. The molecule has 3 nitrogen and oxygen atoms in total. The topological polar surface area (TPSA) is 37.4 Å². The molecule has 0 aliphatic rings. The molecule has 0 heterocycles. The second-order valence-electron chi connectivity index (χ2n) is 3.77. The predicted molar refractivity (Wildman–Crippen MR) is 62.4 cm³/mol. The zero-order chi connectivity index (χ0) is 11.5. The van der Waals surface area contributed by atoms with E-state index < -0.39 is 10.0 Å². The molecule has 0 unspecified atom stereocenters. The first-order chi connectivity index (χ1) is 6.93. The lowest BCUT2D eigenvalue weighted by Gasteiger charge is -2.11. The Hall–Kier alpha value is -0.870. The summed E-state index contributed by atoms with van der Waals surface area (Å²) >= 11 is 0. The van der Waals surface area contributed by atoms with E-state index in [9.17, 15) is 8.42 Å². The van der Waals surface area contributed by atoms with Crippen molar-refractivity contribution in [3.05, 3.63) is 35.4 Å². The van der Waals surface area contributed by atoms with Crippen LogP contribution in [-0.4, -0.2) is 32.6 Å². The second kappa shape index (κ2) is 4.77.